The lowest BCUT2D eigenvalue weighted by Crippen LogP contribution is -2.18. The number of halogens is 1. The van der Waals surface area contributed by atoms with Gasteiger partial charge in [0.15, 0.2) is 11.5 Å². The molecule has 0 aromatic heterocycles. The molecule has 172 valence electrons. The Kier molecular flexibility index (Phi) is 8.71. The maximum atomic E-state index is 12.5. The molecule has 0 saturated heterocycles. The van der Waals surface area contributed by atoms with Crippen LogP contribution in [0, 0.1) is 0 Å². The minimum Gasteiger partial charge on any atom is -0.497 e. The van der Waals surface area contributed by atoms with Gasteiger partial charge in [0.1, 0.15) is 18.1 Å². The molecule has 0 aliphatic rings. The van der Waals surface area contributed by atoms with Gasteiger partial charge in [-0.15, -0.1) is 0 Å². The molecule has 33 heavy (non-hydrogen) atoms. The molecule has 0 spiro atoms. The topological polar surface area (TPSA) is 78.4 Å². The van der Waals surface area contributed by atoms with Crippen LogP contribution in [-0.4, -0.2) is 32.9 Å². The second-order valence-electron chi connectivity index (χ2n) is 6.82. The third kappa shape index (κ3) is 6.73. The van der Waals surface area contributed by atoms with E-state index in [2.05, 4.69) is 26.5 Å². The fraction of sp³-hybridized carbons (Fsp3) is 0.200. The van der Waals surface area contributed by atoms with Crippen LogP contribution in [0.25, 0.3) is 0 Å². The highest BCUT2D eigenvalue weighted by Crippen LogP contribution is 2.29. The first-order valence-electron chi connectivity index (χ1n) is 10.2. The number of amides is 1. The molecule has 3 aromatic rings. The summed E-state index contributed by atoms with van der Waals surface area (Å²) < 4.78 is 23.1. The van der Waals surface area contributed by atoms with Crippen LogP contribution in [0.3, 0.4) is 0 Å². The maximum Gasteiger partial charge on any atom is 0.275 e. The predicted octanol–water partition coefficient (Wildman–Crippen LogP) is 5.21. The summed E-state index contributed by atoms with van der Waals surface area (Å²) in [6, 6.07) is 18.3. The molecule has 0 atom stereocenters. The normalized spacial score (nSPS) is 10.7. The van der Waals surface area contributed by atoms with Crippen LogP contribution in [0.1, 0.15) is 28.4 Å². The van der Waals surface area contributed by atoms with E-state index in [9.17, 15) is 4.79 Å². The SMILES string of the molecule is CCOc1cc(/C=N\NC(=O)c2ccc(OC)cc2OC)ccc1OCc1ccc(Br)cc1. The van der Waals surface area contributed by atoms with Crippen LogP contribution in [0.2, 0.25) is 0 Å². The molecule has 0 heterocycles. The Morgan fingerprint density at radius 2 is 1.73 bits per heavy atom. The predicted molar refractivity (Wildman–Crippen MR) is 131 cm³/mol. The second-order valence-corrected chi connectivity index (χ2v) is 7.74. The first-order chi connectivity index (χ1) is 16.0. The quantitative estimate of drug-likeness (QED) is 0.298. The van der Waals surface area contributed by atoms with Crippen LogP contribution < -0.4 is 24.4 Å². The standard InChI is InChI=1S/C25H25BrN2O5/c1-4-32-24-13-18(7-12-22(24)33-16-17-5-8-19(26)9-6-17)15-27-28-25(29)21-11-10-20(30-2)14-23(21)31-3/h5-15H,4,16H2,1-3H3,(H,28,29)/b27-15-. The number of hydrogen-bond acceptors (Lipinski definition) is 6. The van der Waals surface area contributed by atoms with Gasteiger partial charge in [0.25, 0.3) is 5.91 Å². The second kappa shape index (κ2) is 11.9. The van der Waals surface area contributed by atoms with E-state index < -0.39 is 5.91 Å². The summed E-state index contributed by atoms with van der Waals surface area (Å²) in [4.78, 5) is 12.5. The maximum absolute atomic E-state index is 12.5. The third-order valence-corrected chi connectivity index (χ3v) is 5.14. The lowest BCUT2D eigenvalue weighted by Gasteiger charge is -2.13. The molecule has 0 aliphatic heterocycles. The summed E-state index contributed by atoms with van der Waals surface area (Å²) in [5.74, 6) is 1.82. The Morgan fingerprint density at radius 3 is 2.42 bits per heavy atom. The number of carbonyl (C=O) groups excluding carboxylic acids is 1. The van der Waals surface area contributed by atoms with E-state index in [1.807, 2.05) is 49.4 Å². The fourth-order valence-corrected chi connectivity index (χ4v) is 3.21. The first-order valence-corrected chi connectivity index (χ1v) is 11.0. The molecule has 0 unspecified atom stereocenters. The summed E-state index contributed by atoms with van der Waals surface area (Å²) in [7, 11) is 3.04. The highest BCUT2D eigenvalue weighted by atomic mass is 79.9. The number of hydrogen-bond donors (Lipinski definition) is 1. The molecular weight excluding hydrogens is 488 g/mol. The number of rotatable bonds is 10. The summed E-state index contributed by atoms with van der Waals surface area (Å²) in [6.07, 6.45) is 1.54. The van der Waals surface area contributed by atoms with Gasteiger partial charge in [-0.25, -0.2) is 5.43 Å². The van der Waals surface area contributed by atoms with E-state index >= 15 is 0 Å². The summed E-state index contributed by atoms with van der Waals surface area (Å²) in [6.45, 7) is 2.81. The van der Waals surface area contributed by atoms with E-state index in [0.717, 1.165) is 15.6 Å². The van der Waals surface area contributed by atoms with Gasteiger partial charge in [-0.05, 0) is 60.5 Å². The molecule has 0 radical (unpaired) electrons. The van der Waals surface area contributed by atoms with Crippen molar-refractivity contribution in [3.63, 3.8) is 0 Å². The van der Waals surface area contributed by atoms with E-state index in [4.69, 9.17) is 18.9 Å². The van der Waals surface area contributed by atoms with Crippen molar-refractivity contribution in [2.45, 2.75) is 13.5 Å². The molecule has 1 amide bonds. The summed E-state index contributed by atoms with van der Waals surface area (Å²) in [5.41, 5.74) is 4.65. The van der Waals surface area contributed by atoms with Gasteiger partial charge >= 0.3 is 0 Å². The van der Waals surface area contributed by atoms with Crippen LogP contribution in [0.4, 0.5) is 0 Å². The third-order valence-electron chi connectivity index (χ3n) is 4.61. The van der Waals surface area contributed by atoms with Gasteiger partial charge in [0.05, 0.1) is 32.6 Å². The highest BCUT2D eigenvalue weighted by molar-refractivity contribution is 9.10. The lowest BCUT2D eigenvalue weighted by atomic mass is 10.2. The van der Waals surface area contributed by atoms with Gasteiger partial charge in [-0.2, -0.15) is 5.10 Å². The lowest BCUT2D eigenvalue weighted by molar-refractivity contribution is 0.0952. The van der Waals surface area contributed by atoms with Crippen molar-refractivity contribution in [2.75, 3.05) is 20.8 Å². The zero-order valence-corrected chi connectivity index (χ0v) is 20.2. The molecule has 0 saturated carbocycles. The van der Waals surface area contributed by atoms with E-state index in [1.165, 1.54) is 13.3 Å². The largest absolute Gasteiger partial charge is 0.497 e. The van der Waals surface area contributed by atoms with E-state index in [-0.39, 0.29) is 0 Å². The van der Waals surface area contributed by atoms with Crippen molar-refractivity contribution in [1.82, 2.24) is 5.43 Å². The van der Waals surface area contributed by atoms with Crippen molar-refractivity contribution in [1.29, 1.82) is 0 Å². The summed E-state index contributed by atoms with van der Waals surface area (Å²) >= 11 is 3.43. The Bertz CT molecular complexity index is 1120. The number of carbonyl (C=O) groups is 1. The van der Waals surface area contributed by atoms with E-state index in [0.29, 0.717) is 41.8 Å². The highest BCUT2D eigenvalue weighted by Gasteiger charge is 2.13. The van der Waals surface area contributed by atoms with Gasteiger partial charge < -0.3 is 18.9 Å². The molecule has 7 nitrogen and oxygen atoms in total. The molecular formula is C25H25BrN2O5. The van der Waals surface area contributed by atoms with Crippen molar-refractivity contribution >= 4 is 28.1 Å². The molecule has 3 aromatic carbocycles. The first kappa shape index (κ1) is 24.1. The zero-order chi connectivity index (χ0) is 23.6. The van der Waals surface area contributed by atoms with Gasteiger partial charge in [-0.3, -0.25) is 4.79 Å². The van der Waals surface area contributed by atoms with Gasteiger partial charge in [0, 0.05) is 10.5 Å². The number of methoxy groups -OCH3 is 2. The molecule has 3 rings (SSSR count). The number of nitrogens with zero attached hydrogens (tertiary/aromatic N) is 1. The molecule has 0 bridgehead atoms. The number of nitrogens with one attached hydrogen (secondary N) is 1. The van der Waals surface area contributed by atoms with Crippen LogP contribution >= 0.6 is 15.9 Å². The molecule has 8 heteroatoms. The molecule has 0 fully saturated rings. The Labute approximate surface area is 201 Å². The minimum absolute atomic E-state index is 0.349. The van der Waals surface area contributed by atoms with Crippen molar-refractivity contribution in [3.8, 4) is 23.0 Å². The smallest absolute Gasteiger partial charge is 0.275 e. The average molecular weight is 513 g/mol. The van der Waals surface area contributed by atoms with Crippen molar-refractivity contribution in [2.24, 2.45) is 5.10 Å². The number of ether oxygens (including phenoxy) is 4. The Hall–Kier alpha value is -3.52. The Balaban J connectivity index is 1.67. The van der Waals surface area contributed by atoms with Crippen LogP contribution in [0.15, 0.2) is 70.2 Å². The van der Waals surface area contributed by atoms with Crippen LogP contribution in [0.5, 0.6) is 23.0 Å². The molecule has 0 aliphatic carbocycles. The number of benzene rings is 3. The number of hydrazone groups is 1. The van der Waals surface area contributed by atoms with Gasteiger partial charge in [0.2, 0.25) is 0 Å². The molecule has 1 N–H and O–H groups in total. The van der Waals surface area contributed by atoms with Crippen molar-refractivity contribution in [3.05, 3.63) is 81.8 Å². The van der Waals surface area contributed by atoms with Crippen molar-refractivity contribution < 1.29 is 23.7 Å². The summed E-state index contributed by atoms with van der Waals surface area (Å²) in [5, 5.41) is 4.06. The Morgan fingerprint density at radius 1 is 0.939 bits per heavy atom. The van der Waals surface area contributed by atoms with Crippen LogP contribution in [-0.2, 0) is 6.61 Å². The van der Waals surface area contributed by atoms with Gasteiger partial charge in [-0.1, -0.05) is 28.1 Å². The zero-order valence-electron chi connectivity index (χ0n) is 18.6. The average Bonchev–Trinajstić information content (AvgIpc) is 2.84. The fourth-order valence-electron chi connectivity index (χ4n) is 2.95. The minimum atomic E-state index is -0.398. The monoisotopic (exact) mass is 512 g/mol. The van der Waals surface area contributed by atoms with E-state index in [1.54, 1.807) is 25.3 Å².